The Morgan fingerprint density at radius 3 is 2.83 bits per heavy atom. The summed E-state index contributed by atoms with van der Waals surface area (Å²) in [5, 5.41) is 2.49. The fourth-order valence-corrected chi connectivity index (χ4v) is 3.22. The fourth-order valence-electron chi connectivity index (χ4n) is 2.75. The number of pyridine rings is 1. The smallest absolute Gasteiger partial charge is 0.274 e. The van der Waals surface area contributed by atoms with E-state index >= 15 is 0 Å². The van der Waals surface area contributed by atoms with Crippen LogP contribution in [-0.4, -0.2) is 40.9 Å². The number of aromatic nitrogens is 1. The SMILES string of the molecule is CC(=O)Nc1cc(Br)cn(CCCN2CCCC(F)(F)C2)c1=O. The molecule has 8 heteroatoms. The number of rotatable bonds is 5. The molecule has 1 N–H and O–H groups in total. The fraction of sp³-hybridized carbons (Fsp3) is 0.600. The lowest BCUT2D eigenvalue weighted by molar-refractivity contribution is -0.114. The molecule has 1 saturated heterocycles. The summed E-state index contributed by atoms with van der Waals surface area (Å²) >= 11 is 3.30. The number of hydrogen-bond donors (Lipinski definition) is 1. The van der Waals surface area contributed by atoms with Crippen molar-refractivity contribution in [1.29, 1.82) is 0 Å². The van der Waals surface area contributed by atoms with Crippen LogP contribution in [0.15, 0.2) is 21.5 Å². The molecule has 0 unspecified atom stereocenters. The number of likely N-dealkylation sites (tertiary alicyclic amines) is 1. The van der Waals surface area contributed by atoms with Gasteiger partial charge in [-0.25, -0.2) is 8.78 Å². The summed E-state index contributed by atoms with van der Waals surface area (Å²) in [4.78, 5) is 25.1. The first kappa shape index (κ1) is 18.1. The Balaban J connectivity index is 1.96. The highest BCUT2D eigenvalue weighted by atomic mass is 79.9. The van der Waals surface area contributed by atoms with E-state index in [1.807, 2.05) is 0 Å². The van der Waals surface area contributed by atoms with Crippen LogP contribution in [0.1, 0.15) is 26.2 Å². The summed E-state index contributed by atoms with van der Waals surface area (Å²) in [5.41, 5.74) is -0.0937. The third-order valence-electron chi connectivity index (χ3n) is 3.71. The van der Waals surface area contributed by atoms with E-state index in [1.165, 1.54) is 11.5 Å². The minimum absolute atomic E-state index is 0.0470. The van der Waals surface area contributed by atoms with Gasteiger partial charge in [0.2, 0.25) is 5.91 Å². The highest BCUT2D eigenvalue weighted by Crippen LogP contribution is 2.26. The number of hydrogen-bond acceptors (Lipinski definition) is 3. The molecule has 0 bridgehead atoms. The second-order valence-corrected chi connectivity index (χ2v) is 6.76. The predicted molar refractivity (Wildman–Crippen MR) is 87.9 cm³/mol. The highest BCUT2D eigenvalue weighted by Gasteiger charge is 2.34. The summed E-state index contributed by atoms with van der Waals surface area (Å²) in [7, 11) is 0. The molecular formula is C15H20BrF2N3O2. The quantitative estimate of drug-likeness (QED) is 0.839. The zero-order valence-electron chi connectivity index (χ0n) is 12.9. The molecule has 0 aliphatic carbocycles. The summed E-state index contributed by atoms with van der Waals surface area (Å²) in [6.07, 6.45) is 2.68. The van der Waals surface area contributed by atoms with Crippen LogP contribution in [0.2, 0.25) is 0 Å². The van der Waals surface area contributed by atoms with Crippen LogP contribution >= 0.6 is 15.9 Å². The van der Waals surface area contributed by atoms with Crippen LogP contribution in [0.4, 0.5) is 14.5 Å². The molecular weight excluding hydrogens is 372 g/mol. The Bertz CT molecular complexity index is 634. The van der Waals surface area contributed by atoms with Crippen LogP contribution in [0.5, 0.6) is 0 Å². The summed E-state index contributed by atoms with van der Waals surface area (Å²) in [5.74, 6) is -2.93. The lowest BCUT2D eigenvalue weighted by Gasteiger charge is -2.32. The molecule has 1 aromatic rings. The first-order valence-electron chi connectivity index (χ1n) is 7.55. The van der Waals surface area contributed by atoms with E-state index in [1.54, 1.807) is 17.2 Å². The first-order chi connectivity index (χ1) is 10.8. The van der Waals surface area contributed by atoms with Crippen molar-refractivity contribution in [3.63, 3.8) is 0 Å². The average molecular weight is 392 g/mol. The van der Waals surface area contributed by atoms with Gasteiger partial charge in [-0.1, -0.05) is 0 Å². The van der Waals surface area contributed by atoms with Crippen molar-refractivity contribution in [3.8, 4) is 0 Å². The first-order valence-corrected chi connectivity index (χ1v) is 8.34. The number of alkyl halides is 2. The summed E-state index contributed by atoms with van der Waals surface area (Å²) in [6.45, 7) is 2.72. The largest absolute Gasteiger partial charge is 0.322 e. The van der Waals surface area contributed by atoms with E-state index in [2.05, 4.69) is 21.2 Å². The number of nitrogens with one attached hydrogen (secondary N) is 1. The minimum Gasteiger partial charge on any atom is -0.322 e. The minimum atomic E-state index is -2.61. The third-order valence-corrected chi connectivity index (χ3v) is 4.14. The average Bonchev–Trinajstić information content (AvgIpc) is 2.42. The lowest BCUT2D eigenvalue weighted by atomic mass is 10.1. The lowest BCUT2D eigenvalue weighted by Crippen LogP contribution is -2.43. The maximum Gasteiger partial charge on any atom is 0.274 e. The van der Waals surface area contributed by atoms with Gasteiger partial charge in [-0.15, -0.1) is 0 Å². The molecule has 1 aliphatic heterocycles. The number of carbonyl (C=O) groups excluding carboxylic acids is 1. The van der Waals surface area contributed by atoms with Crippen LogP contribution in [0.25, 0.3) is 0 Å². The molecule has 1 fully saturated rings. The molecule has 23 heavy (non-hydrogen) atoms. The number of aryl methyl sites for hydroxylation is 1. The molecule has 0 atom stereocenters. The Morgan fingerprint density at radius 2 is 2.17 bits per heavy atom. The van der Waals surface area contributed by atoms with E-state index in [9.17, 15) is 18.4 Å². The summed E-state index contributed by atoms with van der Waals surface area (Å²) in [6, 6.07) is 1.55. The monoisotopic (exact) mass is 391 g/mol. The number of piperidine rings is 1. The van der Waals surface area contributed by atoms with E-state index < -0.39 is 5.92 Å². The van der Waals surface area contributed by atoms with Gasteiger partial charge in [0.15, 0.2) is 0 Å². The molecule has 1 amide bonds. The molecule has 1 aliphatic rings. The topological polar surface area (TPSA) is 54.3 Å². The van der Waals surface area contributed by atoms with Gasteiger partial charge in [-0.05, 0) is 41.4 Å². The Hall–Kier alpha value is -1.28. The highest BCUT2D eigenvalue weighted by molar-refractivity contribution is 9.10. The normalized spacial score (nSPS) is 17.9. The van der Waals surface area contributed by atoms with Crippen molar-refractivity contribution >= 4 is 27.5 Å². The van der Waals surface area contributed by atoms with Crippen molar-refractivity contribution < 1.29 is 13.6 Å². The Labute approximate surface area is 141 Å². The molecule has 2 heterocycles. The van der Waals surface area contributed by atoms with Crippen molar-refractivity contribution in [2.75, 3.05) is 25.0 Å². The van der Waals surface area contributed by atoms with Crippen LogP contribution in [0.3, 0.4) is 0 Å². The Morgan fingerprint density at radius 1 is 1.43 bits per heavy atom. The second-order valence-electron chi connectivity index (χ2n) is 5.84. The molecule has 1 aromatic heterocycles. The maximum absolute atomic E-state index is 13.4. The van der Waals surface area contributed by atoms with Gasteiger partial charge in [0.1, 0.15) is 5.69 Å². The van der Waals surface area contributed by atoms with Gasteiger partial charge in [-0.2, -0.15) is 0 Å². The number of amides is 1. The van der Waals surface area contributed by atoms with Crippen molar-refractivity contribution in [2.45, 2.75) is 38.7 Å². The van der Waals surface area contributed by atoms with Gasteiger partial charge in [-0.3, -0.25) is 14.5 Å². The number of carbonyl (C=O) groups is 1. The van der Waals surface area contributed by atoms with Gasteiger partial charge in [0.05, 0.1) is 6.54 Å². The zero-order valence-corrected chi connectivity index (χ0v) is 14.5. The van der Waals surface area contributed by atoms with E-state index in [0.717, 1.165) is 0 Å². The van der Waals surface area contributed by atoms with E-state index in [-0.39, 0.29) is 30.1 Å². The molecule has 2 rings (SSSR count). The maximum atomic E-state index is 13.4. The molecule has 0 saturated carbocycles. The van der Waals surface area contributed by atoms with Gasteiger partial charge < -0.3 is 9.88 Å². The Kier molecular flexibility index (Phi) is 5.91. The van der Waals surface area contributed by atoms with Crippen LogP contribution in [-0.2, 0) is 11.3 Å². The molecule has 0 spiro atoms. The van der Waals surface area contributed by atoms with Crippen LogP contribution in [0, 0.1) is 0 Å². The second kappa shape index (κ2) is 7.53. The number of nitrogens with zero attached hydrogens (tertiary/aromatic N) is 2. The van der Waals surface area contributed by atoms with Crippen molar-refractivity contribution in [1.82, 2.24) is 9.47 Å². The molecule has 128 valence electrons. The van der Waals surface area contributed by atoms with Crippen molar-refractivity contribution in [3.05, 3.63) is 27.1 Å². The van der Waals surface area contributed by atoms with E-state index in [0.29, 0.717) is 36.9 Å². The standard InChI is InChI=1S/C15H20BrF2N3O2/c1-11(22)19-13-8-12(16)9-21(14(13)23)7-3-6-20-5-2-4-15(17,18)10-20/h8-9H,2-7,10H2,1H3,(H,19,22). The third kappa shape index (κ3) is 5.39. The van der Waals surface area contributed by atoms with Crippen molar-refractivity contribution in [2.24, 2.45) is 0 Å². The molecule has 0 aromatic carbocycles. The number of anilines is 1. The van der Waals surface area contributed by atoms with Gasteiger partial charge in [0.25, 0.3) is 11.5 Å². The molecule has 5 nitrogen and oxygen atoms in total. The van der Waals surface area contributed by atoms with Gasteiger partial charge in [0, 0.05) is 37.1 Å². The van der Waals surface area contributed by atoms with E-state index in [4.69, 9.17) is 0 Å². The van der Waals surface area contributed by atoms with Crippen LogP contribution < -0.4 is 10.9 Å². The summed E-state index contributed by atoms with van der Waals surface area (Å²) < 4.78 is 28.9. The number of halogens is 3. The van der Waals surface area contributed by atoms with Gasteiger partial charge >= 0.3 is 0 Å². The molecule has 0 radical (unpaired) electrons. The zero-order chi connectivity index (χ0) is 17.0. The predicted octanol–water partition coefficient (Wildman–Crippen LogP) is 2.69.